The minimum Gasteiger partial charge on any atom is -0.379 e. The van der Waals surface area contributed by atoms with Gasteiger partial charge in [0, 0.05) is 47.9 Å². The maximum absolute atomic E-state index is 13.6. The molecule has 0 spiro atoms. The van der Waals surface area contributed by atoms with E-state index in [1.807, 2.05) is 88.8 Å². The molecule has 0 saturated carbocycles. The quantitative estimate of drug-likeness (QED) is 0.176. The molecule has 0 amide bonds. The first-order valence-electron chi connectivity index (χ1n) is 16.3. The first-order chi connectivity index (χ1) is 22.1. The van der Waals surface area contributed by atoms with Gasteiger partial charge in [-0.2, -0.15) is 0 Å². The zero-order valence-corrected chi connectivity index (χ0v) is 29.3. The Morgan fingerprint density at radius 2 is 1.28 bits per heavy atom. The molecule has 46 heavy (non-hydrogen) atoms. The van der Waals surface area contributed by atoms with Gasteiger partial charge in [-0.3, -0.25) is 19.4 Å². The zero-order chi connectivity index (χ0) is 33.2. The fourth-order valence-corrected chi connectivity index (χ4v) is 6.66. The van der Waals surface area contributed by atoms with Gasteiger partial charge in [-0.05, 0) is 89.0 Å². The molecule has 1 atom stereocenters. The Kier molecular flexibility index (Phi) is 13.0. The number of nitrogens with zero attached hydrogens (tertiary/aromatic N) is 3. The van der Waals surface area contributed by atoms with Crippen LogP contribution in [0.25, 0.3) is 0 Å². The fourth-order valence-electron chi connectivity index (χ4n) is 6.25. The molecule has 2 heterocycles. The molecular formula is C38H51N3O4S. The second kappa shape index (κ2) is 16.7. The highest BCUT2D eigenvalue weighted by Crippen LogP contribution is 2.29. The van der Waals surface area contributed by atoms with Crippen LogP contribution >= 0.6 is 11.8 Å². The van der Waals surface area contributed by atoms with Crippen molar-refractivity contribution in [2.24, 2.45) is 0 Å². The third kappa shape index (κ3) is 8.66. The van der Waals surface area contributed by atoms with E-state index < -0.39 is 11.1 Å². The van der Waals surface area contributed by atoms with E-state index in [-0.39, 0.29) is 11.6 Å². The highest BCUT2D eigenvalue weighted by molar-refractivity contribution is 7.98. The molecule has 2 saturated heterocycles. The number of benzene rings is 3. The third-order valence-corrected chi connectivity index (χ3v) is 10.2. The largest absolute Gasteiger partial charge is 0.379 e. The molecule has 2 aliphatic heterocycles. The lowest BCUT2D eigenvalue weighted by Gasteiger charge is -2.39. The standard InChI is InChI=1S/C23H30N2O2.C15H21NO2S/c1-4-23(24(2)3,18-19-8-6-5-7-9-19)22(26)20-10-12-21(13-11-20)25-14-16-27-17-15-25;1-15(2,16-8-10-18-11-9-16)14(17)12-4-6-13(19-3)7-5-12/h5-13H,4,14-18H2,1-3H3;4-7H,8-11H2,1-3H3. The van der Waals surface area contributed by atoms with Gasteiger partial charge in [-0.15, -0.1) is 11.8 Å². The number of thioether (sulfide) groups is 1. The predicted octanol–water partition coefficient (Wildman–Crippen LogP) is 6.36. The number of ether oxygens (including phenoxy) is 2. The number of carbonyl (C=O) groups is 2. The summed E-state index contributed by atoms with van der Waals surface area (Å²) in [5.74, 6) is 0.370. The van der Waals surface area contributed by atoms with Crippen molar-refractivity contribution in [3.63, 3.8) is 0 Å². The SMILES string of the molecule is CCC(Cc1ccccc1)(C(=O)c1ccc(N2CCOCC2)cc1)N(C)C.CSc1ccc(C(=O)C(C)(C)N2CCOCC2)cc1. The van der Waals surface area contributed by atoms with E-state index in [4.69, 9.17) is 9.47 Å². The number of ketones is 2. The fraction of sp³-hybridized carbons (Fsp3) is 0.474. The normalized spacial score (nSPS) is 17.2. The zero-order valence-electron chi connectivity index (χ0n) is 28.5. The van der Waals surface area contributed by atoms with Gasteiger partial charge in [0.1, 0.15) is 0 Å². The summed E-state index contributed by atoms with van der Waals surface area (Å²) in [6, 6.07) is 26.2. The van der Waals surface area contributed by atoms with E-state index in [0.29, 0.717) is 19.6 Å². The van der Waals surface area contributed by atoms with E-state index in [0.717, 1.165) is 62.6 Å². The number of carbonyl (C=O) groups excluding carboxylic acids is 2. The molecule has 3 aromatic carbocycles. The summed E-state index contributed by atoms with van der Waals surface area (Å²) in [5.41, 5.74) is 2.90. The van der Waals surface area contributed by atoms with E-state index in [1.54, 1.807) is 11.8 Å². The summed E-state index contributed by atoms with van der Waals surface area (Å²) in [4.78, 5) is 34.0. The van der Waals surface area contributed by atoms with E-state index >= 15 is 0 Å². The first kappa shape index (κ1) is 35.8. The molecule has 5 rings (SSSR count). The lowest BCUT2D eigenvalue weighted by Crippen LogP contribution is -2.54. The summed E-state index contributed by atoms with van der Waals surface area (Å²) >= 11 is 1.69. The molecule has 2 aliphatic rings. The molecular weight excluding hydrogens is 595 g/mol. The van der Waals surface area contributed by atoms with Crippen LogP contribution in [0.4, 0.5) is 5.69 Å². The van der Waals surface area contributed by atoms with Gasteiger partial charge >= 0.3 is 0 Å². The molecule has 0 aromatic heterocycles. The highest BCUT2D eigenvalue weighted by atomic mass is 32.2. The number of hydrogen-bond acceptors (Lipinski definition) is 8. The van der Waals surface area contributed by atoms with Crippen LogP contribution in [0.5, 0.6) is 0 Å². The summed E-state index contributed by atoms with van der Waals surface area (Å²) in [5, 5.41) is 0. The van der Waals surface area contributed by atoms with Crippen molar-refractivity contribution in [3.8, 4) is 0 Å². The Bertz CT molecular complexity index is 1380. The number of rotatable bonds is 11. The molecule has 3 aromatic rings. The second-order valence-electron chi connectivity index (χ2n) is 12.6. The first-order valence-corrected chi connectivity index (χ1v) is 17.6. The number of anilines is 1. The van der Waals surface area contributed by atoms with Crippen molar-refractivity contribution in [3.05, 3.63) is 95.6 Å². The lowest BCUT2D eigenvalue weighted by molar-refractivity contribution is -0.00430. The molecule has 0 radical (unpaired) electrons. The summed E-state index contributed by atoms with van der Waals surface area (Å²) in [7, 11) is 4.01. The van der Waals surface area contributed by atoms with Gasteiger partial charge in [0.05, 0.1) is 37.5 Å². The van der Waals surface area contributed by atoms with Crippen LogP contribution in [0, 0.1) is 0 Å². The van der Waals surface area contributed by atoms with Crippen LogP contribution < -0.4 is 4.90 Å². The second-order valence-corrected chi connectivity index (χ2v) is 13.5. The van der Waals surface area contributed by atoms with E-state index in [9.17, 15) is 9.59 Å². The molecule has 2 fully saturated rings. The van der Waals surface area contributed by atoms with Crippen molar-refractivity contribution in [2.75, 3.05) is 77.9 Å². The molecule has 8 heteroatoms. The minimum atomic E-state index is -0.540. The van der Waals surface area contributed by atoms with Gasteiger partial charge in [0.2, 0.25) is 0 Å². The van der Waals surface area contributed by atoms with Gasteiger partial charge in [0.25, 0.3) is 0 Å². The number of morpholine rings is 2. The smallest absolute Gasteiger partial charge is 0.183 e. The minimum absolute atomic E-state index is 0.182. The van der Waals surface area contributed by atoms with Crippen molar-refractivity contribution in [1.29, 1.82) is 0 Å². The van der Waals surface area contributed by atoms with Crippen molar-refractivity contribution in [1.82, 2.24) is 9.80 Å². The highest BCUT2D eigenvalue weighted by Gasteiger charge is 2.39. The van der Waals surface area contributed by atoms with E-state index in [1.165, 1.54) is 10.5 Å². The monoisotopic (exact) mass is 645 g/mol. The average Bonchev–Trinajstić information content (AvgIpc) is 3.11. The predicted molar refractivity (Wildman–Crippen MR) is 190 cm³/mol. The van der Waals surface area contributed by atoms with Crippen LogP contribution in [-0.4, -0.2) is 105 Å². The summed E-state index contributed by atoms with van der Waals surface area (Å²) in [6.07, 6.45) is 3.51. The molecule has 0 N–H and O–H groups in total. The molecule has 0 bridgehead atoms. The third-order valence-electron chi connectivity index (χ3n) is 9.42. The van der Waals surface area contributed by atoms with Crippen LogP contribution in [0.2, 0.25) is 0 Å². The number of hydrogen-bond donors (Lipinski definition) is 0. The van der Waals surface area contributed by atoms with Gasteiger partial charge in [-0.1, -0.05) is 49.4 Å². The number of likely N-dealkylation sites (N-methyl/N-ethyl adjacent to an activating group) is 1. The summed E-state index contributed by atoms with van der Waals surface area (Å²) < 4.78 is 10.8. The van der Waals surface area contributed by atoms with Crippen LogP contribution in [0.1, 0.15) is 53.5 Å². The topological polar surface area (TPSA) is 62.3 Å². The van der Waals surface area contributed by atoms with Crippen molar-refractivity contribution < 1.29 is 19.1 Å². The Hall–Kier alpha value is -3.01. The van der Waals surface area contributed by atoms with Crippen LogP contribution in [-0.2, 0) is 15.9 Å². The molecule has 0 aliphatic carbocycles. The van der Waals surface area contributed by atoms with Crippen LogP contribution in [0.3, 0.4) is 0 Å². The molecule has 1 unspecified atom stereocenters. The number of Topliss-reactive ketones (excluding diaryl/α,β-unsaturated/α-hetero) is 2. The molecule has 248 valence electrons. The van der Waals surface area contributed by atoms with Gasteiger partial charge in [-0.25, -0.2) is 0 Å². The maximum Gasteiger partial charge on any atom is 0.183 e. The lowest BCUT2D eigenvalue weighted by atomic mass is 9.80. The van der Waals surface area contributed by atoms with Crippen molar-refractivity contribution >= 4 is 29.0 Å². The average molecular weight is 646 g/mol. The maximum atomic E-state index is 13.6. The molecule has 7 nitrogen and oxygen atoms in total. The van der Waals surface area contributed by atoms with Gasteiger partial charge in [0.15, 0.2) is 11.6 Å². The van der Waals surface area contributed by atoms with Crippen molar-refractivity contribution in [2.45, 2.75) is 49.6 Å². The summed E-state index contributed by atoms with van der Waals surface area (Å²) in [6.45, 7) is 12.5. The van der Waals surface area contributed by atoms with Crippen LogP contribution in [0.15, 0.2) is 83.8 Å². The van der Waals surface area contributed by atoms with Gasteiger partial charge < -0.3 is 14.4 Å². The Balaban J connectivity index is 0.000000222. The Labute approximate surface area is 280 Å². The Morgan fingerprint density at radius 1 is 0.761 bits per heavy atom. The Morgan fingerprint density at radius 3 is 1.80 bits per heavy atom. The van der Waals surface area contributed by atoms with E-state index in [2.05, 4.69) is 45.9 Å².